The third-order valence-electron chi connectivity index (χ3n) is 3.81. The molecule has 7 nitrogen and oxygen atoms in total. The Morgan fingerprint density at radius 3 is 1.83 bits per heavy atom. The topological polar surface area (TPSA) is 142 Å². The Morgan fingerprint density at radius 2 is 1.40 bits per heavy atom. The Hall–Kier alpha value is 1.47. The van der Waals surface area contributed by atoms with E-state index < -0.39 is 31.9 Å². The molecule has 0 aliphatic carbocycles. The van der Waals surface area contributed by atoms with Gasteiger partial charge >= 0.3 is 88.7 Å². The van der Waals surface area contributed by atoms with E-state index in [9.17, 15) is 24.8 Å². The molecule has 0 aromatic heterocycles. The van der Waals surface area contributed by atoms with E-state index in [1.165, 1.54) is 11.1 Å². The van der Waals surface area contributed by atoms with Gasteiger partial charge < -0.3 is 29.8 Å². The summed E-state index contributed by atoms with van der Waals surface area (Å²) in [7, 11) is -4.90. The predicted octanol–water partition coefficient (Wildman–Crippen LogP) is -8.98. The zero-order valence-corrected chi connectivity index (χ0v) is 26.3. The van der Waals surface area contributed by atoms with Crippen molar-refractivity contribution in [1.29, 1.82) is 0 Å². The van der Waals surface area contributed by atoms with Crippen molar-refractivity contribution in [3.8, 4) is 0 Å². The Balaban J connectivity index is -0.00000113. The average Bonchev–Trinajstić information content (AvgIpc) is 2.51. The molecule has 0 bridgehead atoms. The number of carboxylic acid groups (broad SMARTS) is 1. The minimum Gasteiger partial charge on any atom is -0.861 e. The van der Waals surface area contributed by atoms with Crippen LogP contribution >= 0.6 is 7.94 Å². The maximum atomic E-state index is 11.7. The Morgan fingerprint density at radius 1 is 0.933 bits per heavy atom. The number of allylic oxidation sites excluding steroid dienone is 5. The molecule has 1 N–H and O–H groups in total. The largest absolute Gasteiger partial charge is 1.00 e. The summed E-state index contributed by atoms with van der Waals surface area (Å²) in [6.07, 6.45) is 8.49. The van der Waals surface area contributed by atoms with Gasteiger partial charge in [-0.3, -0.25) is 4.89 Å². The normalized spacial score (nSPS) is 13.4. The number of hydrogen-bond donors (Lipinski definition) is 1. The molecule has 1 unspecified atom stereocenters. The van der Waals surface area contributed by atoms with Gasteiger partial charge in [-0.15, -0.1) is 0 Å². The summed E-state index contributed by atoms with van der Waals surface area (Å²) in [5, 5.41) is 22.5. The molecular formula is C19H29NNa3O6P. The SMILES string of the molecule is CC(C)=CCC/C(C)=C/CC/C(C)=C/CN=C([O-])C(C[P+]([O-])([O-])O)C(=O)[O-].[Na+].[Na+].[Na+]. The van der Waals surface area contributed by atoms with Gasteiger partial charge in [-0.1, -0.05) is 34.9 Å². The van der Waals surface area contributed by atoms with Crippen molar-refractivity contribution in [2.45, 2.75) is 53.4 Å². The smallest absolute Gasteiger partial charge is 0.861 e. The summed E-state index contributed by atoms with van der Waals surface area (Å²) >= 11 is 0. The average molecular weight is 467 g/mol. The number of aliphatic carboxylic acids is 1. The molecule has 0 heterocycles. The van der Waals surface area contributed by atoms with Crippen molar-refractivity contribution < 1.29 is 118 Å². The number of aliphatic imine (C=N–C) groups is 1. The summed E-state index contributed by atoms with van der Waals surface area (Å²) in [6, 6.07) is 0. The molecule has 0 aromatic carbocycles. The van der Waals surface area contributed by atoms with Gasteiger partial charge in [0.05, 0.1) is 24.6 Å². The molecule has 0 saturated carbocycles. The fraction of sp³-hybridized carbons (Fsp3) is 0.579. The molecule has 0 rings (SSSR count). The van der Waals surface area contributed by atoms with Crippen LogP contribution in [0.25, 0.3) is 0 Å². The predicted molar refractivity (Wildman–Crippen MR) is 100 cm³/mol. The van der Waals surface area contributed by atoms with Gasteiger partial charge in [0.15, 0.2) is 0 Å². The van der Waals surface area contributed by atoms with Gasteiger partial charge in [0.2, 0.25) is 0 Å². The van der Waals surface area contributed by atoms with E-state index in [1.54, 1.807) is 6.08 Å². The van der Waals surface area contributed by atoms with Crippen LogP contribution in [0.15, 0.2) is 39.9 Å². The van der Waals surface area contributed by atoms with Gasteiger partial charge in [-0.05, 0) is 59.3 Å². The van der Waals surface area contributed by atoms with Crippen LogP contribution in [0.3, 0.4) is 0 Å². The molecule has 0 aromatic rings. The van der Waals surface area contributed by atoms with Gasteiger partial charge in [-0.2, -0.15) is 0 Å². The van der Waals surface area contributed by atoms with Crippen LogP contribution in [0.1, 0.15) is 53.4 Å². The second-order valence-corrected chi connectivity index (χ2v) is 8.47. The van der Waals surface area contributed by atoms with Crippen LogP contribution in [-0.4, -0.2) is 29.5 Å². The first kappa shape index (κ1) is 38.7. The van der Waals surface area contributed by atoms with Crippen LogP contribution in [0, 0.1) is 5.92 Å². The first-order valence-corrected chi connectivity index (χ1v) is 10.6. The summed E-state index contributed by atoms with van der Waals surface area (Å²) in [6.45, 7) is 8.05. The number of nitrogens with zero attached hydrogens (tertiary/aromatic N) is 1. The Bertz CT molecular complexity index is 612. The fourth-order valence-electron chi connectivity index (χ4n) is 2.22. The first-order valence-electron chi connectivity index (χ1n) is 8.82. The van der Waals surface area contributed by atoms with Crippen molar-refractivity contribution in [3.63, 3.8) is 0 Å². The third kappa shape index (κ3) is 22.7. The molecule has 0 aliphatic heterocycles. The quantitative estimate of drug-likeness (QED) is 0.0994. The maximum absolute atomic E-state index is 11.7. The molecule has 0 fully saturated rings. The maximum Gasteiger partial charge on any atom is 1.00 e. The van der Waals surface area contributed by atoms with Crippen molar-refractivity contribution >= 4 is 19.8 Å². The standard InChI is InChI=1S/C19H32NO6P.3Na/c1-14(2)7-5-8-15(3)9-6-10-16(4)11-12-20-18(21)17(19(22)23)13-27(24,25)26;;;/h7,9,11,17H,5-6,8,10,12-13H2,1-4H3,(H,20,21)(H,22,23)(H2,24,25,26);;;/q;3*+1/p-3/b15-9+,16-11+;;;. The zero-order valence-electron chi connectivity index (χ0n) is 19.4. The molecule has 0 radical (unpaired) electrons. The number of carbonyl (C=O) groups excluding carboxylic acids is 1. The van der Waals surface area contributed by atoms with E-state index in [0.29, 0.717) is 0 Å². The first-order chi connectivity index (χ1) is 12.4. The summed E-state index contributed by atoms with van der Waals surface area (Å²) < 4.78 is 0. The number of hydrogen-bond acceptors (Lipinski definition) is 7. The Labute approximate surface area is 247 Å². The van der Waals surface area contributed by atoms with Crippen LogP contribution in [0.4, 0.5) is 0 Å². The molecule has 0 amide bonds. The summed E-state index contributed by atoms with van der Waals surface area (Å²) in [5.41, 5.74) is 3.60. The monoisotopic (exact) mass is 467 g/mol. The molecule has 1 atom stereocenters. The van der Waals surface area contributed by atoms with Crippen LogP contribution < -0.4 is 109 Å². The molecule has 154 valence electrons. The van der Waals surface area contributed by atoms with E-state index in [1.807, 2.05) is 6.92 Å². The Kier molecular flexibility index (Phi) is 27.1. The minimum atomic E-state index is -4.90. The van der Waals surface area contributed by atoms with E-state index in [2.05, 4.69) is 37.9 Å². The van der Waals surface area contributed by atoms with Crippen LogP contribution in [0.2, 0.25) is 0 Å². The van der Waals surface area contributed by atoms with Gasteiger partial charge in [-0.25, -0.2) is 0 Å². The molecule has 0 spiro atoms. The molecule has 30 heavy (non-hydrogen) atoms. The van der Waals surface area contributed by atoms with Crippen LogP contribution in [0.5, 0.6) is 0 Å². The molecular weight excluding hydrogens is 438 g/mol. The van der Waals surface area contributed by atoms with Crippen molar-refractivity contribution in [1.82, 2.24) is 0 Å². The van der Waals surface area contributed by atoms with Crippen molar-refractivity contribution in [2.24, 2.45) is 10.9 Å². The van der Waals surface area contributed by atoms with E-state index in [-0.39, 0.29) is 95.2 Å². The van der Waals surface area contributed by atoms with Crippen molar-refractivity contribution in [2.75, 3.05) is 12.7 Å². The second kappa shape index (κ2) is 21.0. The number of carbonyl (C=O) groups is 1. The van der Waals surface area contributed by atoms with E-state index in [4.69, 9.17) is 4.89 Å². The number of rotatable bonds is 12. The van der Waals surface area contributed by atoms with Gasteiger partial charge in [0.25, 0.3) is 0 Å². The van der Waals surface area contributed by atoms with Gasteiger partial charge in [0, 0.05) is 7.94 Å². The molecule has 0 aliphatic rings. The van der Waals surface area contributed by atoms with E-state index in [0.717, 1.165) is 31.3 Å². The zero-order chi connectivity index (χ0) is 21.0. The molecule has 11 heteroatoms. The van der Waals surface area contributed by atoms with Crippen molar-refractivity contribution in [3.05, 3.63) is 34.9 Å². The van der Waals surface area contributed by atoms with Gasteiger partial charge in [0.1, 0.15) is 0 Å². The fourth-order valence-corrected chi connectivity index (χ4v) is 2.99. The number of carboxylic acids is 1. The molecule has 0 saturated heterocycles. The van der Waals surface area contributed by atoms with Crippen LogP contribution in [-0.2, 0) is 4.79 Å². The third-order valence-corrected chi connectivity index (χ3v) is 4.63. The minimum absolute atomic E-state index is 0. The second-order valence-electron chi connectivity index (χ2n) is 6.83. The van der Waals surface area contributed by atoms with E-state index >= 15 is 0 Å². The summed E-state index contributed by atoms with van der Waals surface area (Å²) in [4.78, 5) is 44.7. The summed E-state index contributed by atoms with van der Waals surface area (Å²) in [5.74, 6) is -4.99.